The molecule has 1 saturated heterocycles. The van der Waals surface area contributed by atoms with E-state index in [1.54, 1.807) is 24.3 Å². The van der Waals surface area contributed by atoms with E-state index in [2.05, 4.69) is 0 Å². The van der Waals surface area contributed by atoms with E-state index in [0.717, 1.165) is 0 Å². The molecule has 0 aromatic heterocycles. The summed E-state index contributed by atoms with van der Waals surface area (Å²) >= 11 is 0. The second-order valence-corrected chi connectivity index (χ2v) is 6.71. The van der Waals surface area contributed by atoms with Gasteiger partial charge in [0.15, 0.2) is 16.4 Å². The first kappa shape index (κ1) is 14.6. The molecule has 1 aromatic carbocycles. The lowest BCUT2D eigenvalue weighted by molar-refractivity contribution is -0.150. The molecule has 20 heavy (non-hydrogen) atoms. The fourth-order valence-electron chi connectivity index (χ4n) is 1.91. The van der Waals surface area contributed by atoms with E-state index >= 15 is 0 Å². The molecule has 0 bridgehead atoms. The SMILES string of the molecule is COc1cccc(OCC(=O)O[C@H]2CCS(=O)(=O)C2)c1. The topological polar surface area (TPSA) is 78.9 Å². The monoisotopic (exact) mass is 300 g/mol. The Bertz CT molecular complexity index is 580. The van der Waals surface area contributed by atoms with E-state index < -0.39 is 21.9 Å². The van der Waals surface area contributed by atoms with Crippen LogP contribution in [0.2, 0.25) is 0 Å². The Balaban J connectivity index is 1.80. The molecule has 110 valence electrons. The number of rotatable bonds is 5. The first-order chi connectivity index (χ1) is 9.48. The van der Waals surface area contributed by atoms with E-state index in [9.17, 15) is 13.2 Å². The summed E-state index contributed by atoms with van der Waals surface area (Å²) in [5, 5.41) is 0. The lowest BCUT2D eigenvalue weighted by Gasteiger charge is -2.11. The molecular weight excluding hydrogens is 284 g/mol. The van der Waals surface area contributed by atoms with Gasteiger partial charge >= 0.3 is 5.97 Å². The zero-order valence-corrected chi connectivity index (χ0v) is 11.9. The fourth-order valence-corrected chi connectivity index (χ4v) is 3.50. The molecule has 1 fully saturated rings. The number of hydrogen-bond acceptors (Lipinski definition) is 6. The van der Waals surface area contributed by atoms with Crippen molar-refractivity contribution in [2.75, 3.05) is 25.2 Å². The third-order valence-electron chi connectivity index (χ3n) is 2.89. The van der Waals surface area contributed by atoms with Crippen LogP contribution in [0.15, 0.2) is 24.3 Å². The van der Waals surface area contributed by atoms with Crippen LogP contribution in [-0.2, 0) is 19.4 Å². The van der Waals surface area contributed by atoms with E-state index in [-0.39, 0.29) is 18.1 Å². The summed E-state index contributed by atoms with van der Waals surface area (Å²) in [7, 11) is -1.52. The van der Waals surface area contributed by atoms with Crippen molar-refractivity contribution in [2.24, 2.45) is 0 Å². The molecule has 0 spiro atoms. The molecule has 0 aliphatic carbocycles. The highest BCUT2D eigenvalue weighted by atomic mass is 32.2. The van der Waals surface area contributed by atoms with Crippen molar-refractivity contribution >= 4 is 15.8 Å². The Morgan fingerprint density at radius 2 is 2.10 bits per heavy atom. The standard InChI is InChI=1S/C13H16O6S/c1-17-10-3-2-4-11(7-10)18-8-13(14)19-12-5-6-20(15,16)9-12/h2-4,7,12H,5-6,8-9H2,1H3/t12-/m0/s1. The van der Waals surface area contributed by atoms with Crippen LogP contribution in [0.25, 0.3) is 0 Å². The average Bonchev–Trinajstić information content (AvgIpc) is 2.76. The molecule has 0 N–H and O–H groups in total. The van der Waals surface area contributed by atoms with Crippen molar-refractivity contribution in [1.29, 1.82) is 0 Å². The first-order valence-corrected chi connectivity index (χ1v) is 7.97. The Labute approximate surface area is 117 Å². The van der Waals surface area contributed by atoms with Crippen LogP contribution < -0.4 is 9.47 Å². The summed E-state index contributed by atoms with van der Waals surface area (Å²) in [6.07, 6.45) is -0.200. The Kier molecular flexibility index (Phi) is 4.49. The van der Waals surface area contributed by atoms with E-state index in [0.29, 0.717) is 17.9 Å². The summed E-state index contributed by atoms with van der Waals surface area (Å²) in [4.78, 5) is 11.6. The lowest BCUT2D eigenvalue weighted by atomic mass is 10.3. The second kappa shape index (κ2) is 6.13. The summed E-state index contributed by atoms with van der Waals surface area (Å²) < 4.78 is 37.8. The third-order valence-corrected chi connectivity index (χ3v) is 4.62. The molecule has 6 nitrogen and oxygen atoms in total. The quantitative estimate of drug-likeness (QED) is 0.749. The molecule has 0 amide bonds. The Morgan fingerprint density at radius 1 is 1.35 bits per heavy atom. The summed E-state index contributed by atoms with van der Waals surface area (Å²) in [5.41, 5.74) is 0. The van der Waals surface area contributed by atoms with Gasteiger partial charge in [-0.1, -0.05) is 6.07 Å². The van der Waals surface area contributed by atoms with Crippen molar-refractivity contribution in [3.63, 3.8) is 0 Å². The maximum Gasteiger partial charge on any atom is 0.344 e. The second-order valence-electron chi connectivity index (χ2n) is 4.48. The predicted octanol–water partition coefficient (Wildman–Crippen LogP) is 0.804. The van der Waals surface area contributed by atoms with Gasteiger partial charge in [0.25, 0.3) is 0 Å². The van der Waals surface area contributed by atoms with Crippen LogP contribution in [0.4, 0.5) is 0 Å². The minimum Gasteiger partial charge on any atom is -0.497 e. The molecule has 1 aromatic rings. The van der Waals surface area contributed by atoms with Gasteiger partial charge < -0.3 is 14.2 Å². The van der Waals surface area contributed by atoms with Crippen LogP contribution in [0.1, 0.15) is 6.42 Å². The summed E-state index contributed by atoms with van der Waals surface area (Å²) in [6, 6.07) is 6.83. The maximum atomic E-state index is 11.6. The highest BCUT2D eigenvalue weighted by Gasteiger charge is 2.30. The number of ether oxygens (including phenoxy) is 3. The van der Waals surface area contributed by atoms with Gasteiger partial charge in [-0.05, 0) is 18.6 Å². The molecule has 7 heteroatoms. The molecule has 1 aliphatic rings. The van der Waals surface area contributed by atoms with Gasteiger partial charge in [0.1, 0.15) is 17.6 Å². The van der Waals surface area contributed by atoms with Crippen molar-refractivity contribution in [1.82, 2.24) is 0 Å². The molecule has 1 aliphatic heterocycles. The van der Waals surface area contributed by atoms with Crippen LogP contribution in [-0.4, -0.2) is 45.7 Å². The Hall–Kier alpha value is -1.76. The number of sulfone groups is 1. The number of esters is 1. The van der Waals surface area contributed by atoms with Gasteiger partial charge in [-0.2, -0.15) is 0 Å². The largest absolute Gasteiger partial charge is 0.497 e. The molecule has 1 atom stereocenters. The van der Waals surface area contributed by atoms with Gasteiger partial charge in [0.2, 0.25) is 0 Å². The summed E-state index contributed by atoms with van der Waals surface area (Å²) in [5.74, 6) is 0.507. The number of carbonyl (C=O) groups is 1. The molecule has 0 saturated carbocycles. The summed E-state index contributed by atoms with van der Waals surface area (Å²) in [6.45, 7) is -0.260. The van der Waals surface area contributed by atoms with Gasteiger partial charge in [0, 0.05) is 6.07 Å². The fraction of sp³-hybridized carbons (Fsp3) is 0.462. The lowest BCUT2D eigenvalue weighted by Crippen LogP contribution is -2.23. The van der Waals surface area contributed by atoms with Crippen LogP contribution in [0.3, 0.4) is 0 Å². The van der Waals surface area contributed by atoms with Crippen LogP contribution >= 0.6 is 0 Å². The zero-order valence-electron chi connectivity index (χ0n) is 11.1. The minimum absolute atomic E-state index is 0.0711. The van der Waals surface area contributed by atoms with Crippen molar-refractivity contribution < 1.29 is 27.4 Å². The van der Waals surface area contributed by atoms with Gasteiger partial charge in [-0.15, -0.1) is 0 Å². The zero-order chi connectivity index (χ0) is 14.6. The minimum atomic E-state index is -3.05. The predicted molar refractivity (Wildman–Crippen MR) is 71.6 cm³/mol. The molecule has 1 heterocycles. The first-order valence-electron chi connectivity index (χ1n) is 6.15. The third kappa shape index (κ3) is 4.12. The molecule has 0 radical (unpaired) electrons. The average molecular weight is 300 g/mol. The maximum absolute atomic E-state index is 11.6. The molecule has 0 unspecified atom stereocenters. The highest BCUT2D eigenvalue weighted by Crippen LogP contribution is 2.19. The van der Waals surface area contributed by atoms with Crippen molar-refractivity contribution in [3.05, 3.63) is 24.3 Å². The van der Waals surface area contributed by atoms with Crippen LogP contribution in [0, 0.1) is 0 Å². The molecular formula is C13H16O6S. The van der Waals surface area contributed by atoms with Crippen molar-refractivity contribution in [2.45, 2.75) is 12.5 Å². The van der Waals surface area contributed by atoms with Crippen LogP contribution in [0.5, 0.6) is 11.5 Å². The van der Waals surface area contributed by atoms with Gasteiger partial charge in [-0.25, -0.2) is 13.2 Å². The number of carbonyl (C=O) groups excluding carboxylic acids is 1. The van der Waals surface area contributed by atoms with Gasteiger partial charge in [-0.3, -0.25) is 0 Å². The number of hydrogen-bond donors (Lipinski definition) is 0. The highest BCUT2D eigenvalue weighted by molar-refractivity contribution is 7.91. The van der Waals surface area contributed by atoms with E-state index in [1.807, 2.05) is 0 Å². The van der Waals surface area contributed by atoms with E-state index in [1.165, 1.54) is 7.11 Å². The molecule has 2 rings (SSSR count). The van der Waals surface area contributed by atoms with Gasteiger partial charge in [0.05, 0.1) is 18.6 Å². The van der Waals surface area contributed by atoms with Crippen molar-refractivity contribution in [3.8, 4) is 11.5 Å². The normalized spacial score (nSPS) is 20.4. The smallest absolute Gasteiger partial charge is 0.344 e. The number of methoxy groups -OCH3 is 1. The number of benzene rings is 1. The van der Waals surface area contributed by atoms with E-state index in [4.69, 9.17) is 14.2 Å². The Morgan fingerprint density at radius 3 is 2.75 bits per heavy atom.